The van der Waals surface area contributed by atoms with E-state index in [2.05, 4.69) is 10.6 Å². The molecule has 2 N–H and O–H groups in total. The Morgan fingerprint density at radius 3 is 2.07 bits per heavy atom. The number of benzene rings is 3. The SMILES string of the molecule is COc1ccccc1NC(=S)Nc1cccc2c1C(=O)c1ccccc1C2=O. The summed E-state index contributed by atoms with van der Waals surface area (Å²) in [6.07, 6.45) is 0. The van der Waals surface area contributed by atoms with Crippen LogP contribution in [0.15, 0.2) is 66.7 Å². The van der Waals surface area contributed by atoms with Gasteiger partial charge < -0.3 is 15.4 Å². The number of ether oxygens (including phenoxy) is 1. The van der Waals surface area contributed by atoms with Crippen molar-refractivity contribution < 1.29 is 14.3 Å². The molecule has 0 radical (unpaired) electrons. The molecule has 0 unspecified atom stereocenters. The van der Waals surface area contributed by atoms with E-state index in [-0.39, 0.29) is 16.7 Å². The molecule has 0 heterocycles. The lowest BCUT2D eigenvalue weighted by Crippen LogP contribution is -2.25. The van der Waals surface area contributed by atoms with E-state index in [1.165, 1.54) is 0 Å². The number of hydrogen-bond donors (Lipinski definition) is 2. The van der Waals surface area contributed by atoms with Crippen molar-refractivity contribution in [3.63, 3.8) is 0 Å². The number of para-hydroxylation sites is 2. The summed E-state index contributed by atoms with van der Waals surface area (Å²) in [7, 11) is 1.58. The number of rotatable bonds is 3. The molecule has 0 amide bonds. The molecule has 0 saturated heterocycles. The van der Waals surface area contributed by atoms with Crippen molar-refractivity contribution in [2.45, 2.75) is 0 Å². The van der Waals surface area contributed by atoms with Crippen LogP contribution in [0.1, 0.15) is 31.8 Å². The molecule has 0 aromatic heterocycles. The highest BCUT2D eigenvalue weighted by atomic mass is 32.1. The first kappa shape index (κ1) is 17.9. The van der Waals surface area contributed by atoms with Crippen molar-refractivity contribution in [2.75, 3.05) is 17.7 Å². The fourth-order valence-electron chi connectivity index (χ4n) is 3.27. The fraction of sp³-hybridized carbons (Fsp3) is 0.0455. The molecular weight excluding hydrogens is 372 g/mol. The third-order valence-corrected chi connectivity index (χ3v) is 4.76. The summed E-state index contributed by atoms with van der Waals surface area (Å²) in [5, 5.41) is 6.39. The smallest absolute Gasteiger partial charge is 0.196 e. The highest BCUT2D eigenvalue weighted by Crippen LogP contribution is 2.32. The third-order valence-electron chi connectivity index (χ3n) is 4.56. The Bertz CT molecular complexity index is 1120. The van der Waals surface area contributed by atoms with Crippen LogP contribution < -0.4 is 15.4 Å². The second-order valence-corrected chi connectivity index (χ2v) is 6.62. The van der Waals surface area contributed by atoms with Gasteiger partial charge in [0.05, 0.1) is 24.0 Å². The van der Waals surface area contributed by atoms with Crippen molar-refractivity contribution in [1.82, 2.24) is 0 Å². The van der Waals surface area contributed by atoms with Crippen LogP contribution in [0.4, 0.5) is 11.4 Å². The van der Waals surface area contributed by atoms with Crippen LogP contribution in [0, 0.1) is 0 Å². The van der Waals surface area contributed by atoms with Gasteiger partial charge >= 0.3 is 0 Å². The van der Waals surface area contributed by atoms with Gasteiger partial charge in [0.1, 0.15) is 5.75 Å². The Hall–Kier alpha value is -3.51. The summed E-state index contributed by atoms with van der Waals surface area (Å²) >= 11 is 5.40. The number of nitrogens with one attached hydrogen (secondary N) is 2. The molecular formula is C22H16N2O3S. The van der Waals surface area contributed by atoms with Crippen LogP contribution in [-0.4, -0.2) is 23.8 Å². The van der Waals surface area contributed by atoms with Crippen molar-refractivity contribution >= 4 is 40.3 Å². The maximum Gasteiger partial charge on any atom is 0.196 e. The summed E-state index contributed by atoms with van der Waals surface area (Å²) in [5.41, 5.74) is 2.70. The zero-order valence-electron chi connectivity index (χ0n) is 15.0. The number of ketones is 2. The number of hydrogen-bond acceptors (Lipinski definition) is 4. The standard InChI is InChI=1S/C22H16N2O3S/c1-27-18-12-5-4-10-16(18)23-22(28)24-17-11-6-9-15-19(17)21(26)14-8-3-2-7-13(14)20(15)25/h2-12H,1H3,(H2,23,24,28). The molecule has 138 valence electrons. The molecule has 0 saturated carbocycles. The van der Waals surface area contributed by atoms with Gasteiger partial charge in [0.25, 0.3) is 0 Å². The first-order chi connectivity index (χ1) is 13.6. The minimum absolute atomic E-state index is 0.169. The Morgan fingerprint density at radius 1 is 0.750 bits per heavy atom. The van der Waals surface area contributed by atoms with Gasteiger partial charge in [0, 0.05) is 16.7 Å². The van der Waals surface area contributed by atoms with E-state index in [1.807, 2.05) is 24.3 Å². The van der Waals surface area contributed by atoms with E-state index < -0.39 is 0 Å². The van der Waals surface area contributed by atoms with Gasteiger partial charge in [-0.05, 0) is 30.4 Å². The van der Waals surface area contributed by atoms with E-state index in [4.69, 9.17) is 17.0 Å². The molecule has 3 aromatic rings. The average molecular weight is 388 g/mol. The number of thiocarbonyl (C=S) groups is 1. The first-order valence-corrected chi connectivity index (χ1v) is 9.03. The molecule has 3 aromatic carbocycles. The summed E-state index contributed by atoms with van der Waals surface area (Å²) in [4.78, 5) is 25.9. The zero-order valence-corrected chi connectivity index (χ0v) is 15.8. The number of carbonyl (C=O) groups is 2. The Balaban J connectivity index is 1.66. The van der Waals surface area contributed by atoms with Crippen LogP contribution >= 0.6 is 12.2 Å². The Kier molecular flexibility index (Phi) is 4.63. The summed E-state index contributed by atoms with van der Waals surface area (Å²) in [5.74, 6) is 0.271. The highest BCUT2D eigenvalue weighted by Gasteiger charge is 2.31. The highest BCUT2D eigenvalue weighted by molar-refractivity contribution is 7.80. The second-order valence-electron chi connectivity index (χ2n) is 6.21. The van der Waals surface area contributed by atoms with Crippen LogP contribution in [0.25, 0.3) is 0 Å². The molecule has 0 aliphatic heterocycles. The quantitative estimate of drug-likeness (QED) is 0.511. The van der Waals surface area contributed by atoms with E-state index in [0.29, 0.717) is 39.4 Å². The summed E-state index contributed by atoms with van der Waals surface area (Å²) < 4.78 is 5.31. The zero-order chi connectivity index (χ0) is 19.7. The van der Waals surface area contributed by atoms with Gasteiger partial charge in [0.2, 0.25) is 0 Å². The van der Waals surface area contributed by atoms with Crippen molar-refractivity contribution in [3.8, 4) is 5.75 Å². The molecule has 0 fully saturated rings. The predicted molar refractivity (Wildman–Crippen MR) is 113 cm³/mol. The van der Waals surface area contributed by atoms with Crippen molar-refractivity contribution in [3.05, 3.63) is 89.0 Å². The van der Waals surface area contributed by atoms with E-state index >= 15 is 0 Å². The average Bonchev–Trinajstić information content (AvgIpc) is 2.72. The first-order valence-electron chi connectivity index (χ1n) is 8.62. The van der Waals surface area contributed by atoms with E-state index in [1.54, 1.807) is 49.6 Å². The topological polar surface area (TPSA) is 67.4 Å². The molecule has 6 heteroatoms. The minimum atomic E-state index is -0.201. The monoisotopic (exact) mass is 388 g/mol. The molecule has 28 heavy (non-hydrogen) atoms. The molecule has 5 nitrogen and oxygen atoms in total. The summed E-state index contributed by atoms with van der Waals surface area (Å²) in [6.45, 7) is 0. The van der Waals surface area contributed by atoms with Crippen LogP contribution in [0.2, 0.25) is 0 Å². The number of carbonyl (C=O) groups excluding carboxylic acids is 2. The van der Waals surface area contributed by atoms with Gasteiger partial charge in [-0.25, -0.2) is 0 Å². The van der Waals surface area contributed by atoms with Gasteiger partial charge in [-0.15, -0.1) is 0 Å². The minimum Gasteiger partial charge on any atom is -0.495 e. The molecule has 0 spiro atoms. The lowest BCUT2D eigenvalue weighted by Gasteiger charge is -2.21. The van der Waals surface area contributed by atoms with Crippen LogP contribution in [0.3, 0.4) is 0 Å². The maximum absolute atomic E-state index is 13.0. The molecule has 1 aliphatic rings. The number of anilines is 2. The van der Waals surface area contributed by atoms with Crippen LogP contribution in [-0.2, 0) is 0 Å². The Morgan fingerprint density at radius 2 is 1.32 bits per heavy atom. The fourth-order valence-corrected chi connectivity index (χ4v) is 3.49. The van der Waals surface area contributed by atoms with Crippen molar-refractivity contribution in [1.29, 1.82) is 0 Å². The largest absolute Gasteiger partial charge is 0.495 e. The molecule has 0 bridgehead atoms. The Labute approximate surface area is 167 Å². The molecule has 0 atom stereocenters. The van der Waals surface area contributed by atoms with Gasteiger partial charge in [-0.1, -0.05) is 48.5 Å². The molecule has 1 aliphatic carbocycles. The second kappa shape index (κ2) is 7.25. The summed E-state index contributed by atoms with van der Waals surface area (Å²) in [6, 6.07) is 19.3. The molecule has 4 rings (SSSR count). The predicted octanol–water partition coefficient (Wildman–Crippen LogP) is 4.28. The van der Waals surface area contributed by atoms with E-state index in [9.17, 15) is 9.59 Å². The number of methoxy groups -OCH3 is 1. The number of fused-ring (bicyclic) bond motifs is 2. The lowest BCUT2D eigenvalue weighted by molar-refractivity contribution is 0.0979. The third kappa shape index (κ3) is 3.04. The van der Waals surface area contributed by atoms with E-state index in [0.717, 1.165) is 0 Å². The van der Waals surface area contributed by atoms with Gasteiger partial charge in [0.15, 0.2) is 16.7 Å². The maximum atomic E-state index is 13.0. The van der Waals surface area contributed by atoms with Gasteiger partial charge in [-0.2, -0.15) is 0 Å². The normalized spacial score (nSPS) is 12.0. The van der Waals surface area contributed by atoms with Crippen LogP contribution in [0.5, 0.6) is 5.75 Å². The van der Waals surface area contributed by atoms with Gasteiger partial charge in [-0.3, -0.25) is 9.59 Å². The van der Waals surface area contributed by atoms with Crippen molar-refractivity contribution in [2.24, 2.45) is 0 Å². The lowest BCUT2D eigenvalue weighted by atomic mass is 9.83.